The molecule has 0 aliphatic carbocycles. The SMILES string of the molecule is Nc1nc(-c2cccc(NC(=O)Nc3ccc(Cl)c(Cl)c3)c2)c(-c2ccccc2)[nH]1. The van der Waals surface area contributed by atoms with E-state index < -0.39 is 6.03 Å². The number of amides is 2. The number of anilines is 3. The zero-order chi connectivity index (χ0) is 21.1. The van der Waals surface area contributed by atoms with E-state index >= 15 is 0 Å². The minimum absolute atomic E-state index is 0.319. The van der Waals surface area contributed by atoms with E-state index in [0.717, 1.165) is 16.8 Å². The monoisotopic (exact) mass is 437 g/mol. The third-order valence-electron chi connectivity index (χ3n) is 4.36. The molecule has 4 rings (SSSR count). The maximum atomic E-state index is 12.4. The lowest BCUT2D eigenvalue weighted by molar-refractivity contribution is 0.262. The number of nitrogens with zero attached hydrogens (tertiary/aromatic N) is 1. The lowest BCUT2D eigenvalue weighted by atomic mass is 10.0. The van der Waals surface area contributed by atoms with Crippen molar-refractivity contribution < 1.29 is 4.79 Å². The van der Waals surface area contributed by atoms with Crippen LogP contribution in [0.3, 0.4) is 0 Å². The van der Waals surface area contributed by atoms with E-state index in [9.17, 15) is 4.79 Å². The molecule has 3 aromatic carbocycles. The molecule has 1 heterocycles. The lowest BCUT2D eigenvalue weighted by Gasteiger charge is -2.10. The van der Waals surface area contributed by atoms with Crippen molar-refractivity contribution in [2.24, 2.45) is 0 Å². The molecule has 8 heteroatoms. The number of aromatic nitrogens is 2. The summed E-state index contributed by atoms with van der Waals surface area (Å²) in [7, 11) is 0. The van der Waals surface area contributed by atoms with Crippen molar-refractivity contribution in [1.82, 2.24) is 9.97 Å². The van der Waals surface area contributed by atoms with Crippen LogP contribution in [0.1, 0.15) is 0 Å². The molecule has 0 radical (unpaired) electrons. The number of halogens is 2. The first-order valence-electron chi connectivity index (χ1n) is 9.04. The third-order valence-corrected chi connectivity index (χ3v) is 5.09. The van der Waals surface area contributed by atoms with Gasteiger partial charge in [0.25, 0.3) is 0 Å². The summed E-state index contributed by atoms with van der Waals surface area (Å²) in [5, 5.41) is 6.31. The number of hydrogen-bond donors (Lipinski definition) is 4. The van der Waals surface area contributed by atoms with Gasteiger partial charge in [0.1, 0.15) is 0 Å². The molecule has 30 heavy (non-hydrogen) atoms. The maximum absolute atomic E-state index is 12.4. The normalized spacial score (nSPS) is 10.6. The van der Waals surface area contributed by atoms with E-state index in [2.05, 4.69) is 20.6 Å². The van der Waals surface area contributed by atoms with E-state index in [4.69, 9.17) is 28.9 Å². The third kappa shape index (κ3) is 4.40. The quantitative estimate of drug-likeness (QED) is 0.302. The van der Waals surface area contributed by atoms with Gasteiger partial charge in [0, 0.05) is 22.5 Å². The Labute approximate surface area is 183 Å². The Morgan fingerprint density at radius 2 is 1.53 bits per heavy atom. The average Bonchev–Trinajstić information content (AvgIpc) is 3.13. The molecule has 1 aromatic heterocycles. The molecule has 2 amide bonds. The van der Waals surface area contributed by atoms with Crippen molar-refractivity contribution in [3.63, 3.8) is 0 Å². The number of benzene rings is 3. The van der Waals surface area contributed by atoms with E-state index in [1.165, 1.54) is 0 Å². The highest BCUT2D eigenvalue weighted by Gasteiger charge is 2.14. The highest BCUT2D eigenvalue weighted by atomic mass is 35.5. The number of aromatic amines is 1. The number of nitrogen functional groups attached to an aromatic ring is 1. The first kappa shape index (κ1) is 19.8. The lowest BCUT2D eigenvalue weighted by Crippen LogP contribution is -2.19. The van der Waals surface area contributed by atoms with Gasteiger partial charge in [-0.15, -0.1) is 0 Å². The number of carbonyl (C=O) groups excluding carboxylic acids is 1. The molecule has 0 spiro atoms. The maximum Gasteiger partial charge on any atom is 0.323 e. The van der Waals surface area contributed by atoms with Gasteiger partial charge >= 0.3 is 6.03 Å². The molecule has 4 aromatic rings. The van der Waals surface area contributed by atoms with Crippen LogP contribution in [0.5, 0.6) is 0 Å². The summed E-state index contributed by atoms with van der Waals surface area (Å²) in [6.07, 6.45) is 0. The van der Waals surface area contributed by atoms with Crippen molar-refractivity contribution in [1.29, 1.82) is 0 Å². The van der Waals surface area contributed by atoms with Crippen LogP contribution in [-0.4, -0.2) is 16.0 Å². The fourth-order valence-corrected chi connectivity index (χ4v) is 3.32. The number of H-pyrrole nitrogens is 1. The topological polar surface area (TPSA) is 95.8 Å². The highest BCUT2D eigenvalue weighted by Crippen LogP contribution is 2.32. The van der Waals surface area contributed by atoms with Crippen LogP contribution in [0, 0.1) is 0 Å². The molecule has 0 atom stereocenters. The van der Waals surface area contributed by atoms with Gasteiger partial charge < -0.3 is 21.4 Å². The molecule has 0 fully saturated rings. The van der Waals surface area contributed by atoms with Crippen molar-refractivity contribution in [2.75, 3.05) is 16.4 Å². The molecular weight excluding hydrogens is 421 g/mol. The van der Waals surface area contributed by atoms with Crippen molar-refractivity contribution in [3.8, 4) is 22.5 Å². The fourth-order valence-electron chi connectivity index (χ4n) is 3.03. The number of imidazole rings is 1. The Balaban J connectivity index is 1.56. The fraction of sp³-hybridized carbons (Fsp3) is 0. The van der Waals surface area contributed by atoms with Crippen LogP contribution in [0.25, 0.3) is 22.5 Å². The van der Waals surface area contributed by atoms with Crippen LogP contribution in [0.2, 0.25) is 10.0 Å². The van der Waals surface area contributed by atoms with Gasteiger partial charge in [0.2, 0.25) is 0 Å². The molecule has 0 aliphatic heterocycles. The zero-order valence-electron chi connectivity index (χ0n) is 15.6. The molecule has 0 saturated heterocycles. The predicted octanol–water partition coefficient (Wildman–Crippen LogP) is 6.28. The second-order valence-electron chi connectivity index (χ2n) is 6.50. The van der Waals surface area contributed by atoms with Gasteiger partial charge in [-0.3, -0.25) is 0 Å². The smallest absolute Gasteiger partial charge is 0.323 e. The molecule has 0 bridgehead atoms. The summed E-state index contributed by atoms with van der Waals surface area (Å²) in [5.41, 5.74) is 10.3. The molecule has 0 aliphatic rings. The Bertz CT molecular complexity index is 1210. The number of urea groups is 1. The first-order chi connectivity index (χ1) is 14.5. The van der Waals surface area contributed by atoms with Crippen LogP contribution in [0.15, 0.2) is 72.8 Å². The Morgan fingerprint density at radius 3 is 2.27 bits per heavy atom. The van der Waals surface area contributed by atoms with Crippen molar-refractivity contribution in [2.45, 2.75) is 0 Å². The Hall–Kier alpha value is -3.48. The van der Waals surface area contributed by atoms with E-state index in [1.807, 2.05) is 48.5 Å². The minimum Gasteiger partial charge on any atom is -0.369 e. The molecule has 5 N–H and O–H groups in total. The number of rotatable bonds is 4. The largest absolute Gasteiger partial charge is 0.369 e. The number of nitrogens with one attached hydrogen (secondary N) is 3. The predicted molar refractivity (Wildman–Crippen MR) is 123 cm³/mol. The van der Waals surface area contributed by atoms with Gasteiger partial charge in [-0.25, -0.2) is 9.78 Å². The van der Waals surface area contributed by atoms with Crippen molar-refractivity contribution >= 4 is 46.6 Å². The summed E-state index contributed by atoms with van der Waals surface area (Å²) < 4.78 is 0. The highest BCUT2D eigenvalue weighted by molar-refractivity contribution is 6.42. The summed E-state index contributed by atoms with van der Waals surface area (Å²) in [4.78, 5) is 19.9. The second-order valence-corrected chi connectivity index (χ2v) is 7.31. The van der Waals surface area contributed by atoms with Gasteiger partial charge in [-0.05, 0) is 30.3 Å². The second kappa shape index (κ2) is 8.49. The summed E-state index contributed by atoms with van der Waals surface area (Å²) in [6, 6.07) is 21.6. The van der Waals surface area contributed by atoms with E-state index in [0.29, 0.717) is 33.1 Å². The molecule has 6 nitrogen and oxygen atoms in total. The summed E-state index contributed by atoms with van der Waals surface area (Å²) in [5.74, 6) is 0.319. The van der Waals surface area contributed by atoms with Crippen LogP contribution in [0.4, 0.5) is 22.1 Å². The van der Waals surface area contributed by atoms with Gasteiger partial charge in [0.15, 0.2) is 5.95 Å². The van der Waals surface area contributed by atoms with Gasteiger partial charge in [-0.2, -0.15) is 0 Å². The van der Waals surface area contributed by atoms with Crippen molar-refractivity contribution in [3.05, 3.63) is 82.8 Å². The number of carbonyl (C=O) groups is 1. The summed E-state index contributed by atoms with van der Waals surface area (Å²) in [6.45, 7) is 0. The van der Waals surface area contributed by atoms with Crippen LogP contribution in [-0.2, 0) is 0 Å². The Kier molecular flexibility index (Phi) is 5.61. The molecular formula is C22H17Cl2N5O. The van der Waals surface area contributed by atoms with Gasteiger partial charge in [-0.1, -0.05) is 65.7 Å². The van der Waals surface area contributed by atoms with Crippen LogP contribution >= 0.6 is 23.2 Å². The molecule has 0 unspecified atom stereocenters. The summed E-state index contributed by atoms with van der Waals surface area (Å²) >= 11 is 11.9. The minimum atomic E-state index is -0.407. The zero-order valence-corrected chi connectivity index (χ0v) is 17.1. The number of nitrogens with two attached hydrogens (primary N) is 1. The van der Waals surface area contributed by atoms with Gasteiger partial charge in [0.05, 0.1) is 21.4 Å². The van der Waals surface area contributed by atoms with E-state index in [1.54, 1.807) is 24.3 Å². The molecule has 0 saturated carbocycles. The molecule has 150 valence electrons. The Morgan fingerprint density at radius 1 is 0.833 bits per heavy atom. The average molecular weight is 438 g/mol. The van der Waals surface area contributed by atoms with E-state index in [-0.39, 0.29) is 0 Å². The standard InChI is InChI=1S/C22H17Cl2N5O/c23-17-10-9-16(12-18(17)24)27-22(30)26-15-8-4-7-14(11-15)20-19(28-21(25)29-20)13-5-2-1-3-6-13/h1-12H,(H3,25,28,29)(H2,26,27,30). The first-order valence-corrected chi connectivity index (χ1v) is 9.79. The van der Waals surface area contributed by atoms with Crippen LogP contribution < -0.4 is 16.4 Å². The number of hydrogen-bond acceptors (Lipinski definition) is 3.